The fraction of sp³-hybridized carbons (Fsp3) is 0.917. The summed E-state index contributed by atoms with van der Waals surface area (Å²) < 4.78 is 0. The van der Waals surface area contributed by atoms with Crippen molar-refractivity contribution in [3.8, 4) is 0 Å². The van der Waals surface area contributed by atoms with E-state index in [9.17, 15) is 4.79 Å². The maximum atomic E-state index is 11.3. The van der Waals surface area contributed by atoms with E-state index in [0.29, 0.717) is 18.0 Å². The normalized spacial score (nSPS) is 24.1. The standard InChI is InChI=1S/C12H24N2O/c1-4-7-13-11(15)9-14-10-5-6-12(2,3)8-10/h10,14H,4-9H2,1-3H3,(H,13,15). The topological polar surface area (TPSA) is 41.1 Å². The van der Waals surface area contributed by atoms with E-state index in [0.717, 1.165) is 13.0 Å². The van der Waals surface area contributed by atoms with Gasteiger partial charge >= 0.3 is 0 Å². The Morgan fingerprint density at radius 2 is 2.20 bits per heavy atom. The van der Waals surface area contributed by atoms with Crippen molar-refractivity contribution in [1.82, 2.24) is 10.6 Å². The molecule has 88 valence electrons. The summed E-state index contributed by atoms with van der Waals surface area (Å²) in [5.41, 5.74) is 0.456. The quantitative estimate of drug-likeness (QED) is 0.728. The van der Waals surface area contributed by atoms with Gasteiger partial charge in [0.25, 0.3) is 0 Å². The van der Waals surface area contributed by atoms with Gasteiger partial charge in [-0.3, -0.25) is 4.79 Å². The Morgan fingerprint density at radius 3 is 2.73 bits per heavy atom. The van der Waals surface area contributed by atoms with Crippen LogP contribution < -0.4 is 10.6 Å². The lowest BCUT2D eigenvalue weighted by Crippen LogP contribution is -2.38. The summed E-state index contributed by atoms with van der Waals surface area (Å²) in [7, 11) is 0. The first kappa shape index (κ1) is 12.5. The maximum absolute atomic E-state index is 11.3. The lowest BCUT2D eigenvalue weighted by atomic mass is 9.92. The molecule has 3 nitrogen and oxygen atoms in total. The molecule has 3 heteroatoms. The Labute approximate surface area is 93.0 Å². The van der Waals surface area contributed by atoms with Crippen LogP contribution in [-0.4, -0.2) is 25.0 Å². The van der Waals surface area contributed by atoms with Crippen LogP contribution in [0.1, 0.15) is 46.5 Å². The smallest absolute Gasteiger partial charge is 0.233 e. The van der Waals surface area contributed by atoms with Crippen LogP contribution >= 0.6 is 0 Å². The highest BCUT2D eigenvalue weighted by Gasteiger charge is 2.30. The van der Waals surface area contributed by atoms with Crippen molar-refractivity contribution in [3.05, 3.63) is 0 Å². The highest BCUT2D eigenvalue weighted by molar-refractivity contribution is 5.77. The van der Waals surface area contributed by atoms with Crippen molar-refractivity contribution in [1.29, 1.82) is 0 Å². The van der Waals surface area contributed by atoms with E-state index in [1.165, 1.54) is 19.3 Å². The number of rotatable bonds is 5. The number of carbonyl (C=O) groups excluding carboxylic acids is 1. The second-order valence-corrected chi connectivity index (χ2v) is 5.33. The molecule has 0 heterocycles. The van der Waals surface area contributed by atoms with Crippen LogP contribution in [0.5, 0.6) is 0 Å². The molecule has 1 saturated carbocycles. The summed E-state index contributed by atoms with van der Waals surface area (Å²) in [6.45, 7) is 7.92. The number of hydrogen-bond acceptors (Lipinski definition) is 2. The first-order chi connectivity index (χ1) is 7.03. The third-order valence-corrected chi connectivity index (χ3v) is 3.09. The highest BCUT2D eigenvalue weighted by atomic mass is 16.1. The van der Waals surface area contributed by atoms with Gasteiger partial charge in [0.15, 0.2) is 0 Å². The van der Waals surface area contributed by atoms with Gasteiger partial charge in [-0.1, -0.05) is 20.8 Å². The molecule has 0 aromatic heterocycles. The van der Waals surface area contributed by atoms with Crippen molar-refractivity contribution in [3.63, 3.8) is 0 Å². The molecule has 2 N–H and O–H groups in total. The molecule has 0 radical (unpaired) electrons. The molecule has 1 amide bonds. The van der Waals surface area contributed by atoms with Gasteiger partial charge in [0.2, 0.25) is 5.91 Å². The van der Waals surface area contributed by atoms with Gasteiger partial charge in [-0.05, 0) is 31.1 Å². The van der Waals surface area contributed by atoms with Crippen LogP contribution in [-0.2, 0) is 4.79 Å². The predicted octanol–water partition coefficient (Wildman–Crippen LogP) is 1.68. The zero-order valence-corrected chi connectivity index (χ0v) is 10.2. The highest BCUT2D eigenvalue weighted by Crippen LogP contribution is 2.36. The summed E-state index contributed by atoms with van der Waals surface area (Å²) in [4.78, 5) is 11.3. The molecule has 0 saturated heterocycles. The van der Waals surface area contributed by atoms with Gasteiger partial charge in [-0.15, -0.1) is 0 Å². The van der Waals surface area contributed by atoms with Gasteiger partial charge in [-0.2, -0.15) is 0 Å². The first-order valence-corrected chi connectivity index (χ1v) is 6.03. The van der Waals surface area contributed by atoms with Crippen molar-refractivity contribution < 1.29 is 4.79 Å². The third kappa shape index (κ3) is 4.65. The molecule has 0 spiro atoms. The number of amides is 1. The molecule has 1 rings (SSSR count). The molecule has 1 aliphatic carbocycles. The molecule has 0 aliphatic heterocycles. The SMILES string of the molecule is CCCNC(=O)CNC1CCC(C)(C)C1. The van der Waals surface area contributed by atoms with Crippen LogP contribution in [0, 0.1) is 5.41 Å². The summed E-state index contributed by atoms with van der Waals surface area (Å²) in [5, 5.41) is 6.21. The molecular weight excluding hydrogens is 188 g/mol. The van der Waals surface area contributed by atoms with E-state index < -0.39 is 0 Å². The van der Waals surface area contributed by atoms with E-state index in [1.54, 1.807) is 0 Å². The molecular formula is C12H24N2O. The zero-order chi connectivity index (χ0) is 11.3. The average molecular weight is 212 g/mol. The Kier molecular flexibility index (Phi) is 4.58. The monoisotopic (exact) mass is 212 g/mol. The Morgan fingerprint density at radius 1 is 1.47 bits per heavy atom. The summed E-state index contributed by atoms with van der Waals surface area (Å²) in [5.74, 6) is 0.126. The third-order valence-electron chi connectivity index (χ3n) is 3.09. The second kappa shape index (κ2) is 5.50. The van der Waals surface area contributed by atoms with Gasteiger partial charge in [0, 0.05) is 12.6 Å². The fourth-order valence-corrected chi connectivity index (χ4v) is 2.17. The van der Waals surface area contributed by atoms with Gasteiger partial charge in [0.1, 0.15) is 0 Å². The van der Waals surface area contributed by atoms with Crippen LogP contribution in [0.4, 0.5) is 0 Å². The lowest BCUT2D eigenvalue weighted by Gasteiger charge is -2.17. The summed E-state index contributed by atoms with van der Waals surface area (Å²) in [6.07, 6.45) is 4.66. The number of hydrogen-bond donors (Lipinski definition) is 2. The molecule has 1 atom stereocenters. The van der Waals surface area contributed by atoms with Crippen LogP contribution in [0.25, 0.3) is 0 Å². The first-order valence-electron chi connectivity index (χ1n) is 6.03. The lowest BCUT2D eigenvalue weighted by molar-refractivity contribution is -0.120. The number of nitrogens with one attached hydrogen (secondary N) is 2. The molecule has 1 aliphatic rings. The molecule has 1 fully saturated rings. The minimum absolute atomic E-state index is 0.126. The van der Waals surface area contributed by atoms with Crippen molar-refractivity contribution in [2.45, 2.75) is 52.5 Å². The average Bonchev–Trinajstić information content (AvgIpc) is 2.52. The Hall–Kier alpha value is -0.570. The largest absolute Gasteiger partial charge is 0.355 e. The van der Waals surface area contributed by atoms with E-state index in [-0.39, 0.29) is 5.91 Å². The molecule has 0 aromatic rings. The van der Waals surface area contributed by atoms with Crippen molar-refractivity contribution in [2.24, 2.45) is 5.41 Å². The minimum atomic E-state index is 0.126. The van der Waals surface area contributed by atoms with E-state index >= 15 is 0 Å². The minimum Gasteiger partial charge on any atom is -0.355 e. The number of carbonyl (C=O) groups is 1. The van der Waals surface area contributed by atoms with Crippen LogP contribution in [0.3, 0.4) is 0 Å². The zero-order valence-electron chi connectivity index (χ0n) is 10.2. The fourth-order valence-electron chi connectivity index (χ4n) is 2.17. The maximum Gasteiger partial charge on any atom is 0.233 e. The molecule has 1 unspecified atom stereocenters. The van der Waals surface area contributed by atoms with Gasteiger partial charge in [-0.25, -0.2) is 0 Å². The van der Waals surface area contributed by atoms with Gasteiger partial charge in [0.05, 0.1) is 6.54 Å². The van der Waals surface area contributed by atoms with Crippen molar-refractivity contribution in [2.75, 3.05) is 13.1 Å². The molecule has 0 aromatic carbocycles. The van der Waals surface area contributed by atoms with E-state index in [1.807, 2.05) is 0 Å². The van der Waals surface area contributed by atoms with Crippen molar-refractivity contribution >= 4 is 5.91 Å². The summed E-state index contributed by atoms with van der Waals surface area (Å²) in [6, 6.07) is 0.535. The van der Waals surface area contributed by atoms with Gasteiger partial charge < -0.3 is 10.6 Å². The molecule has 15 heavy (non-hydrogen) atoms. The predicted molar refractivity (Wildman–Crippen MR) is 62.7 cm³/mol. The van der Waals surface area contributed by atoms with E-state index in [2.05, 4.69) is 31.4 Å². The Bertz CT molecular complexity index is 214. The second-order valence-electron chi connectivity index (χ2n) is 5.33. The van der Waals surface area contributed by atoms with E-state index in [4.69, 9.17) is 0 Å². The summed E-state index contributed by atoms with van der Waals surface area (Å²) >= 11 is 0. The molecule has 0 bridgehead atoms. The Balaban J connectivity index is 2.13. The van der Waals surface area contributed by atoms with Crippen LogP contribution in [0.15, 0.2) is 0 Å². The van der Waals surface area contributed by atoms with Crippen LogP contribution in [0.2, 0.25) is 0 Å².